The molecule has 0 radical (unpaired) electrons. The Morgan fingerprint density at radius 2 is 2.06 bits per heavy atom. The van der Waals surface area contributed by atoms with Gasteiger partial charge < -0.3 is 15.6 Å². The molecule has 1 aromatic carbocycles. The van der Waals surface area contributed by atoms with Gasteiger partial charge in [0.1, 0.15) is 5.75 Å². The summed E-state index contributed by atoms with van der Waals surface area (Å²) in [6, 6.07) is 5.75. The molecule has 0 fully saturated rings. The molecule has 0 aliphatic heterocycles. The zero-order chi connectivity index (χ0) is 13.1. The lowest BCUT2D eigenvalue weighted by Crippen LogP contribution is -2.35. The van der Waals surface area contributed by atoms with Crippen LogP contribution in [0.2, 0.25) is 0 Å². The molecular formula is C13H22N2O2. The SMILES string of the molecule is COc1ccc(CN(C)CC(C)(C)O)cc1N. The van der Waals surface area contributed by atoms with Crippen molar-refractivity contribution in [3.05, 3.63) is 23.8 Å². The zero-order valence-corrected chi connectivity index (χ0v) is 11.0. The van der Waals surface area contributed by atoms with Gasteiger partial charge >= 0.3 is 0 Å². The molecule has 4 heteroatoms. The minimum Gasteiger partial charge on any atom is -0.495 e. The molecule has 96 valence electrons. The van der Waals surface area contributed by atoms with Gasteiger partial charge in [-0.05, 0) is 38.6 Å². The molecule has 0 spiro atoms. The summed E-state index contributed by atoms with van der Waals surface area (Å²) in [6.07, 6.45) is 0. The monoisotopic (exact) mass is 238 g/mol. The second-order valence-electron chi connectivity index (χ2n) is 5.06. The van der Waals surface area contributed by atoms with Crippen molar-refractivity contribution >= 4 is 5.69 Å². The molecule has 0 unspecified atom stereocenters. The van der Waals surface area contributed by atoms with Crippen molar-refractivity contribution in [2.24, 2.45) is 0 Å². The van der Waals surface area contributed by atoms with Gasteiger partial charge in [0.05, 0.1) is 18.4 Å². The second-order valence-corrected chi connectivity index (χ2v) is 5.06. The molecule has 1 aromatic rings. The van der Waals surface area contributed by atoms with Crippen LogP contribution in [-0.4, -0.2) is 36.3 Å². The Balaban J connectivity index is 2.66. The average Bonchev–Trinajstić information content (AvgIpc) is 2.14. The summed E-state index contributed by atoms with van der Waals surface area (Å²) in [5.41, 5.74) is 6.90. The van der Waals surface area contributed by atoms with Crippen LogP contribution >= 0.6 is 0 Å². The van der Waals surface area contributed by atoms with Crippen LogP contribution in [0, 0.1) is 0 Å². The van der Waals surface area contributed by atoms with Gasteiger partial charge in [0.15, 0.2) is 0 Å². The minimum absolute atomic E-state index is 0.610. The fourth-order valence-electron chi connectivity index (χ4n) is 1.91. The number of nitrogen functional groups attached to an aromatic ring is 1. The summed E-state index contributed by atoms with van der Waals surface area (Å²) in [4.78, 5) is 2.06. The van der Waals surface area contributed by atoms with Crippen molar-refractivity contribution in [2.75, 3.05) is 26.4 Å². The smallest absolute Gasteiger partial charge is 0.141 e. The highest BCUT2D eigenvalue weighted by Crippen LogP contribution is 2.22. The summed E-state index contributed by atoms with van der Waals surface area (Å²) < 4.78 is 5.11. The highest BCUT2D eigenvalue weighted by molar-refractivity contribution is 5.54. The predicted octanol–water partition coefficient (Wildman–Crippen LogP) is 1.48. The number of nitrogens with zero attached hydrogens (tertiary/aromatic N) is 1. The number of methoxy groups -OCH3 is 1. The number of rotatable bonds is 5. The standard InChI is InChI=1S/C13H22N2O2/c1-13(2,16)9-15(3)8-10-5-6-12(17-4)11(14)7-10/h5-7,16H,8-9,14H2,1-4H3. The number of aliphatic hydroxyl groups is 1. The molecule has 0 aromatic heterocycles. The van der Waals surface area contributed by atoms with Gasteiger partial charge in [0.25, 0.3) is 0 Å². The molecule has 1 rings (SSSR count). The van der Waals surface area contributed by atoms with Crippen molar-refractivity contribution in [1.29, 1.82) is 0 Å². The van der Waals surface area contributed by atoms with Gasteiger partial charge in [-0.15, -0.1) is 0 Å². The van der Waals surface area contributed by atoms with Crippen LogP contribution in [0.15, 0.2) is 18.2 Å². The fourth-order valence-corrected chi connectivity index (χ4v) is 1.91. The van der Waals surface area contributed by atoms with Crippen molar-refractivity contribution in [1.82, 2.24) is 4.90 Å². The Morgan fingerprint density at radius 3 is 2.53 bits per heavy atom. The summed E-state index contributed by atoms with van der Waals surface area (Å²) in [5.74, 6) is 0.693. The number of ether oxygens (including phenoxy) is 1. The van der Waals surface area contributed by atoms with E-state index < -0.39 is 5.60 Å². The number of likely N-dealkylation sites (N-methyl/N-ethyl adjacent to an activating group) is 1. The summed E-state index contributed by atoms with van der Waals surface area (Å²) >= 11 is 0. The van der Waals surface area contributed by atoms with E-state index in [1.54, 1.807) is 21.0 Å². The van der Waals surface area contributed by atoms with E-state index >= 15 is 0 Å². The summed E-state index contributed by atoms with van der Waals surface area (Å²) in [5, 5.41) is 9.72. The Bertz CT molecular complexity index is 372. The number of benzene rings is 1. The molecule has 0 bridgehead atoms. The number of anilines is 1. The molecule has 3 N–H and O–H groups in total. The van der Waals surface area contributed by atoms with Crippen LogP contribution in [0.1, 0.15) is 19.4 Å². The predicted molar refractivity (Wildman–Crippen MR) is 70.0 cm³/mol. The maximum Gasteiger partial charge on any atom is 0.141 e. The minimum atomic E-state index is -0.688. The third kappa shape index (κ3) is 4.63. The lowest BCUT2D eigenvalue weighted by molar-refractivity contribution is 0.0425. The van der Waals surface area contributed by atoms with E-state index in [2.05, 4.69) is 4.90 Å². The third-order valence-electron chi connectivity index (χ3n) is 2.40. The Kier molecular flexibility index (Phi) is 4.37. The summed E-state index contributed by atoms with van der Waals surface area (Å²) in [7, 11) is 3.57. The van der Waals surface area contributed by atoms with Gasteiger partial charge in [-0.3, -0.25) is 4.90 Å². The van der Waals surface area contributed by atoms with Crippen LogP contribution in [0.25, 0.3) is 0 Å². The highest BCUT2D eigenvalue weighted by atomic mass is 16.5. The Labute approximate surface area is 103 Å². The van der Waals surface area contributed by atoms with E-state index in [0.717, 1.165) is 12.1 Å². The fraction of sp³-hybridized carbons (Fsp3) is 0.538. The molecule has 0 saturated heterocycles. The first-order valence-corrected chi connectivity index (χ1v) is 5.65. The molecule has 0 saturated carbocycles. The van der Waals surface area contributed by atoms with Crippen LogP contribution < -0.4 is 10.5 Å². The van der Waals surface area contributed by atoms with Gasteiger partial charge in [-0.2, -0.15) is 0 Å². The van der Waals surface area contributed by atoms with Gasteiger partial charge in [0, 0.05) is 13.1 Å². The Morgan fingerprint density at radius 1 is 1.41 bits per heavy atom. The topological polar surface area (TPSA) is 58.7 Å². The second kappa shape index (κ2) is 5.38. The largest absolute Gasteiger partial charge is 0.495 e. The van der Waals surface area contributed by atoms with E-state index in [1.807, 2.05) is 25.2 Å². The average molecular weight is 238 g/mol. The highest BCUT2D eigenvalue weighted by Gasteiger charge is 2.15. The third-order valence-corrected chi connectivity index (χ3v) is 2.40. The molecule has 0 amide bonds. The van der Waals surface area contributed by atoms with Crippen LogP contribution in [0.5, 0.6) is 5.75 Å². The maximum atomic E-state index is 9.72. The zero-order valence-electron chi connectivity index (χ0n) is 11.0. The van der Waals surface area contributed by atoms with Crippen LogP contribution in [0.3, 0.4) is 0 Å². The molecule has 17 heavy (non-hydrogen) atoms. The molecule has 0 aliphatic rings. The first-order chi connectivity index (χ1) is 7.81. The van der Waals surface area contributed by atoms with Gasteiger partial charge in [-0.25, -0.2) is 0 Å². The van der Waals surface area contributed by atoms with E-state index in [4.69, 9.17) is 10.5 Å². The number of hydrogen-bond donors (Lipinski definition) is 2. The maximum absolute atomic E-state index is 9.72. The normalized spacial score (nSPS) is 11.9. The van der Waals surface area contributed by atoms with E-state index in [-0.39, 0.29) is 0 Å². The lowest BCUT2D eigenvalue weighted by atomic mass is 10.1. The van der Waals surface area contributed by atoms with Gasteiger partial charge in [-0.1, -0.05) is 6.07 Å². The molecule has 0 aliphatic carbocycles. The lowest BCUT2D eigenvalue weighted by Gasteiger charge is -2.25. The number of nitrogens with two attached hydrogens (primary N) is 1. The van der Waals surface area contributed by atoms with Crippen LogP contribution in [-0.2, 0) is 6.54 Å². The van der Waals surface area contributed by atoms with Crippen molar-refractivity contribution in [3.8, 4) is 5.75 Å². The van der Waals surface area contributed by atoms with E-state index in [0.29, 0.717) is 18.0 Å². The van der Waals surface area contributed by atoms with Gasteiger partial charge in [0.2, 0.25) is 0 Å². The van der Waals surface area contributed by atoms with E-state index in [1.165, 1.54) is 0 Å². The number of hydrogen-bond acceptors (Lipinski definition) is 4. The first kappa shape index (κ1) is 13.8. The van der Waals surface area contributed by atoms with Crippen molar-refractivity contribution in [3.63, 3.8) is 0 Å². The molecule has 0 atom stereocenters. The van der Waals surface area contributed by atoms with Crippen LogP contribution in [0.4, 0.5) is 5.69 Å². The molecular weight excluding hydrogens is 216 g/mol. The van der Waals surface area contributed by atoms with Crippen molar-refractivity contribution in [2.45, 2.75) is 26.0 Å². The first-order valence-electron chi connectivity index (χ1n) is 5.65. The Hall–Kier alpha value is -1.26. The quantitative estimate of drug-likeness (QED) is 0.763. The molecule has 0 heterocycles. The van der Waals surface area contributed by atoms with Crippen molar-refractivity contribution < 1.29 is 9.84 Å². The summed E-state index contributed by atoms with van der Waals surface area (Å²) in [6.45, 7) is 4.95. The molecule has 4 nitrogen and oxygen atoms in total. The van der Waals surface area contributed by atoms with E-state index in [9.17, 15) is 5.11 Å².